The van der Waals surface area contributed by atoms with E-state index >= 15 is 0 Å². The molecule has 0 radical (unpaired) electrons. The summed E-state index contributed by atoms with van der Waals surface area (Å²) in [4.78, 5) is 25.1. The van der Waals surface area contributed by atoms with Gasteiger partial charge in [-0.2, -0.15) is 0 Å². The molecular formula is C14H26N2O3. The summed E-state index contributed by atoms with van der Waals surface area (Å²) in [5, 5.41) is 11.9. The Bertz CT molecular complexity index is 355. The van der Waals surface area contributed by atoms with Gasteiger partial charge in [-0.05, 0) is 31.6 Å². The minimum absolute atomic E-state index is 0.145. The topological polar surface area (TPSA) is 69.6 Å². The van der Waals surface area contributed by atoms with Crippen LogP contribution >= 0.6 is 0 Å². The highest BCUT2D eigenvalue weighted by molar-refractivity contribution is 5.78. The van der Waals surface area contributed by atoms with Gasteiger partial charge < -0.3 is 15.3 Å². The van der Waals surface area contributed by atoms with Gasteiger partial charge in [-0.1, -0.05) is 20.8 Å². The first-order valence-corrected chi connectivity index (χ1v) is 6.96. The second kappa shape index (κ2) is 5.80. The minimum atomic E-state index is -0.888. The van der Waals surface area contributed by atoms with Crippen molar-refractivity contribution < 1.29 is 14.7 Å². The van der Waals surface area contributed by atoms with Crippen molar-refractivity contribution >= 4 is 12.0 Å². The predicted molar refractivity (Wildman–Crippen MR) is 74.0 cm³/mol. The highest BCUT2D eigenvalue weighted by atomic mass is 16.4. The van der Waals surface area contributed by atoms with Crippen LogP contribution in [0, 0.1) is 10.8 Å². The molecule has 1 heterocycles. The van der Waals surface area contributed by atoms with E-state index in [4.69, 9.17) is 0 Å². The number of nitrogens with one attached hydrogen (secondary N) is 1. The van der Waals surface area contributed by atoms with E-state index in [1.165, 1.54) is 0 Å². The lowest BCUT2D eigenvalue weighted by Gasteiger charge is -2.38. The molecule has 5 heteroatoms. The molecule has 1 unspecified atom stereocenters. The van der Waals surface area contributed by atoms with E-state index in [9.17, 15) is 14.7 Å². The fraction of sp³-hybridized carbons (Fsp3) is 0.857. The summed E-state index contributed by atoms with van der Waals surface area (Å²) in [5.41, 5.74) is -0.739. The van der Waals surface area contributed by atoms with Gasteiger partial charge in [-0.3, -0.25) is 4.79 Å². The molecule has 1 saturated heterocycles. The molecule has 0 aromatic heterocycles. The van der Waals surface area contributed by atoms with E-state index in [-0.39, 0.29) is 18.0 Å². The van der Waals surface area contributed by atoms with Crippen molar-refractivity contribution in [1.29, 1.82) is 0 Å². The zero-order valence-corrected chi connectivity index (χ0v) is 12.5. The summed E-state index contributed by atoms with van der Waals surface area (Å²) in [6, 6.07) is -0.145. The highest BCUT2D eigenvalue weighted by Crippen LogP contribution is 2.28. The Hall–Kier alpha value is -1.26. The third-order valence-corrected chi connectivity index (χ3v) is 4.11. The van der Waals surface area contributed by atoms with Crippen LogP contribution in [0.15, 0.2) is 0 Å². The fourth-order valence-corrected chi connectivity index (χ4v) is 2.33. The molecule has 0 aromatic rings. The zero-order valence-electron chi connectivity index (χ0n) is 12.5. The van der Waals surface area contributed by atoms with Gasteiger partial charge in [0, 0.05) is 19.6 Å². The van der Waals surface area contributed by atoms with E-state index in [1.54, 1.807) is 11.8 Å². The number of urea groups is 1. The molecular weight excluding hydrogens is 244 g/mol. The van der Waals surface area contributed by atoms with Crippen molar-refractivity contribution in [1.82, 2.24) is 10.2 Å². The van der Waals surface area contributed by atoms with Gasteiger partial charge in [-0.25, -0.2) is 4.79 Å². The molecule has 0 spiro atoms. The van der Waals surface area contributed by atoms with Crippen LogP contribution in [0.5, 0.6) is 0 Å². The molecule has 2 amide bonds. The van der Waals surface area contributed by atoms with Crippen molar-refractivity contribution in [2.45, 2.75) is 47.0 Å². The van der Waals surface area contributed by atoms with Crippen molar-refractivity contribution in [3.8, 4) is 0 Å². The Balaban J connectivity index is 2.54. The summed E-state index contributed by atoms with van der Waals surface area (Å²) >= 11 is 0. The van der Waals surface area contributed by atoms with Crippen molar-refractivity contribution in [2.75, 3.05) is 19.6 Å². The number of carbonyl (C=O) groups excluding carboxylic acids is 1. The number of aliphatic carboxylic acids is 1. The average Bonchev–Trinajstić information content (AvgIpc) is 2.34. The third-order valence-electron chi connectivity index (χ3n) is 4.11. The minimum Gasteiger partial charge on any atom is -0.481 e. The number of carboxylic acid groups (broad SMARTS) is 1. The lowest BCUT2D eigenvalue weighted by Crippen LogP contribution is -2.50. The van der Waals surface area contributed by atoms with Crippen LogP contribution in [0.3, 0.4) is 0 Å². The molecule has 1 aliphatic rings. The zero-order chi connectivity index (χ0) is 14.7. The van der Waals surface area contributed by atoms with Gasteiger partial charge in [0.2, 0.25) is 0 Å². The average molecular weight is 270 g/mol. The molecule has 2 N–H and O–H groups in total. The first-order valence-electron chi connectivity index (χ1n) is 6.96. The Morgan fingerprint density at radius 1 is 1.42 bits per heavy atom. The van der Waals surface area contributed by atoms with Crippen LogP contribution in [0.2, 0.25) is 0 Å². The van der Waals surface area contributed by atoms with E-state index in [1.807, 2.05) is 6.92 Å². The standard InChI is InChI=1S/C14H26N2O3/c1-5-14(4,11(17)18)9-15-12(19)16-8-6-7-13(2,3)10-16/h5-10H2,1-4H3,(H,15,19)(H,17,18). The van der Waals surface area contributed by atoms with Crippen molar-refractivity contribution in [2.24, 2.45) is 10.8 Å². The molecule has 0 aliphatic carbocycles. The SMILES string of the molecule is CCC(C)(CNC(=O)N1CCCC(C)(C)C1)C(=O)O. The molecule has 19 heavy (non-hydrogen) atoms. The monoisotopic (exact) mass is 270 g/mol. The van der Waals surface area contributed by atoms with E-state index < -0.39 is 11.4 Å². The van der Waals surface area contributed by atoms with Crippen LogP contribution in [0.25, 0.3) is 0 Å². The Labute approximate surface area is 115 Å². The number of hydrogen-bond acceptors (Lipinski definition) is 2. The first-order chi connectivity index (χ1) is 8.70. The number of nitrogens with zero attached hydrogens (tertiary/aromatic N) is 1. The Morgan fingerprint density at radius 2 is 2.05 bits per heavy atom. The number of hydrogen-bond donors (Lipinski definition) is 2. The summed E-state index contributed by atoms with van der Waals surface area (Å²) in [7, 11) is 0. The molecule has 0 bridgehead atoms. The number of carboxylic acids is 1. The van der Waals surface area contributed by atoms with Crippen molar-refractivity contribution in [3.63, 3.8) is 0 Å². The molecule has 110 valence electrons. The quantitative estimate of drug-likeness (QED) is 0.823. The van der Waals surface area contributed by atoms with E-state index in [0.717, 1.165) is 25.9 Å². The first kappa shape index (κ1) is 15.8. The smallest absolute Gasteiger partial charge is 0.317 e. The van der Waals surface area contributed by atoms with Gasteiger partial charge in [0.1, 0.15) is 0 Å². The Kier molecular flexibility index (Phi) is 4.82. The molecule has 1 aliphatic heterocycles. The second-order valence-corrected chi connectivity index (χ2v) is 6.57. The summed E-state index contributed by atoms with van der Waals surface area (Å²) in [6.07, 6.45) is 2.62. The van der Waals surface area contributed by atoms with E-state index in [0.29, 0.717) is 6.42 Å². The highest BCUT2D eigenvalue weighted by Gasteiger charge is 2.33. The van der Waals surface area contributed by atoms with E-state index in [2.05, 4.69) is 19.2 Å². The molecule has 0 saturated carbocycles. The lowest BCUT2D eigenvalue weighted by molar-refractivity contribution is -0.147. The summed E-state index contributed by atoms with van der Waals surface area (Å²) in [5.74, 6) is -0.866. The fourth-order valence-electron chi connectivity index (χ4n) is 2.33. The third kappa shape index (κ3) is 4.11. The maximum absolute atomic E-state index is 12.1. The molecule has 1 fully saturated rings. The predicted octanol–water partition coefficient (Wildman–Crippen LogP) is 2.32. The van der Waals surface area contributed by atoms with Gasteiger partial charge in [0.05, 0.1) is 5.41 Å². The summed E-state index contributed by atoms with van der Waals surface area (Å²) in [6.45, 7) is 9.45. The molecule has 1 atom stereocenters. The van der Waals surface area contributed by atoms with Gasteiger partial charge in [-0.15, -0.1) is 0 Å². The van der Waals surface area contributed by atoms with Crippen molar-refractivity contribution in [3.05, 3.63) is 0 Å². The van der Waals surface area contributed by atoms with Crippen LogP contribution in [-0.4, -0.2) is 41.6 Å². The number of likely N-dealkylation sites (tertiary alicyclic amines) is 1. The number of carbonyl (C=O) groups is 2. The number of rotatable bonds is 4. The maximum Gasteiger partial charge on any atom is 0.317 e. The van der Waals surface area contributed by atoms with Crippen LogP contribution < -0.4 is 5.32 Å². The molecule has 5 nitrogen and oxygen atoms in total. The molecule has 1 rings (SSSR count). The van der Waals surface area contributed by atoms with Gasteiger partial charge >= 0.3 is 12.0 Å². The van der Waals surface area contributed by atoms with Crippen LogP contribution in [0.1, 0.15) is 47.0 Å². The number of piperidine rings is 1. The number of amides is 2. The maximum atomic E-state index is 12.1. The largest absolute Gasteiger partial charge is 0.481 e. The van der Waals surface area contributed by atoms with Gasteiger partial charge in [0.25, 0.3) is 0 Å². The lowest BCUT2D eigenvalue weighted by atomic mass is 9.84. The van der Waals surface area contributed by atoms with Crippen LogP contribution in [0.4, 0.5) is 4.79 Å². The van der Waals surface area contributed by atoms with Crippen LogP contribution in [-0.2, 0) is 4.79 Å². The normalized spacial score (nSPS) is 21.6. The van der Waals surface area contributed by atoms with Gasteiger partial charge in [0.15, 0.2) is 0 Å². The Morgan fingerprint density at radius 3 is 2.53 bits per heavy atom. The second-order valence-electron chi connectivity index (χ2n) is 6.57. The summed E-state index contributed by atoms with van der Waals surface area (Å²) < 4.78 is 0. The molecule has 0 aromatic carbocycles.